The Kier molecular flexibility index (Phi) is 5.27. The van der Waals surface area contributed by atoms with Crippen molar-refractivity contribution in [2.24, 2.45) is 11.8 Å². The zero-order valence-electron chi connectivity index (χ0n) is 16.4. The SMILES string of the molecule is COc1cccc(C#CC2CN(C(=O)N3CC[C@@H]4OCC(=O)C[C@@H]4C3)C2)c1C. The van der Waals surface area contributed by atoms with Crippen molar-refractivity contribution in [3.8, 4) is 17.6 Å². The lowest BCUT2D eigenvalue weighted by Crippen LogP contribution is -2.58. The maximum atomic E-state index is 12.8. The zero-order chi connectivity index (χ0) is 19.7. The Morgan fingerprint density at radius 1 is 1.25 bits per heavy atom. The number of carbonyl (C=O) groups excluding carboxylic acids is 2. The fourth-order valence-corrected chi connectivity index (χ4v) is 4.23. The molecule has 0 N–H and O–H groups in total. The number of nitrogens with zero attached hydrogens (tertiary/aromatic N) is 2. The molecule has 2 atom stereocenters. The molecule has 3 fully saturated rings. The molecule has 3 saturated heterocycles. The van der Waals surface area contributed by atoms with Crippen LogP contribution in [0.2, 0.25) is 0 Å². The summed E-state index contributed by atoms with van der Waals surface area (Å²) in [5.74, 6) is 7.84. The average molecular weight is 382 g/mol. The third kappa shape index (κ3) is 3.72. The number of methoxy groups -OCH3 is 1. The second kappa shape index (κ2) is 7.84. The molecule has 0 aromatic heterocycles. The minimum atomic E-state index is 0.0621. The highest BCUT2D eigenvalue weighted by Gasteiger charge is 2.39. The molecular formula is C22H26N2O4. The first-order valence-electron chi connectivity index (χ1n) is 9.87. The van der Waals surface area contributed by atoms with Crippen LogP contribution in [0.15, 0.2) is 18.2 Å². The summed E-state index contributed by atoms with van der Waals surface area (Å²) in [7, 11) is 1.66. The molecule has 1 aromatic carbocycles. The van der Waals surface area contributed by atoms with Crippen LogP contribution in [0, 0.1) is 30.6 Å². The first kappa shape index (κ1) is 18.8. The number of Topliss-reactive ketones (excluding diaryl/α,β-unsaturated/α-hetero) is 1. The van der Waals surface area contributed by atoms with Crippen LogP contribution in [0.3, 0.4) is 0 Å². The van der Waals surface area contributed by atoms with Crippen LogP contribution in [0.1, 0.15) is 24.0 Å². The second-order valence-corrected chi connectivity index (χ2v) is 7.87. The Balaban J connectivity index is 1.31. The molecule has 6 nitrogen and oxygen atoms in total. The number of urea groups is 1. The largest absolute Gasteiger partial charge is 0.496 e. The Morgan fingerprint density at radius 3 is 2.86 bits per heavy atom. The molecule has 3 aliphatic heterocycles. The number of hydrogen-bond donors (Lipinski definition) is 0. The summed E-state index contributed by atoms with van der Waals surface area (Å²) >= 11 is 0. The van der Waals surface area contributed by atoms with Gasteiger partial charge in [-0.05, 0) is 25.5 Å². The van der Waals surface area contributed by atoms with Gasteiger partial charge in [0.15, 0.2) is 5.78 Å². The monoisotopic (exact) mass is 382 g/mol. The number of fused-ring (bicyclic) bond motifs is 1. The summed E-state index contributed by atoms with van der Waals surface area (Å²) in [6.07, 6.45) is 1.47. The molecule has 148 valence electrons. The summed E-state index contributed by atoms with van der Waals surface area (Å²) < 4.78 is 10.9. The van der Waals surface area contributed by atoms with E-state index in [0.717, 1.165) is 23.3 Å². The molecule has 0 unspecified atom stereocenters. The molecule has 3 aliphatic rings. The predicted molar refractivity (Wildman–Crippen MR) is 104 cm³/mol. The molecule has 2 amide bonds. The van der Waals surface area contributed by atoms with E-state index in [0.29, 0.717) is 32.6 Å². The van der Waals surface area contributed by atoms with Gasteiger partial charge in [-0.25, -0.2) is 4.79 Å². The van der Waals surface area contributed by atoms with Crippen molar-refractivity contribution in [2.45, 2.75) is 25.9 Å². The molecule has 0 radical (unpaired) electrons. The van der Waals surface area contributed by atoms with E-state index < -0.39 is 0 Å². The van der Waals surface area contributed by atoms with Crippen LogP contribution in [-0.2, 0) is 9.53 Å². The number of benzene rings is 1. The first-order chi connectivity index (χ1) is 13.5. The van der Waals surface area contributed by atoms with Gasteiger partial charge in [0.2, 0.25) is 0 Å². The maximum absolute atomic E-state index is 12.8. The average Bonchev–Trinajstić information content (AvgIpc) is 2.67. The molecule has 0 aliphatic carbocycles. The number of amides is 2. The lowest BCUT2D eigenvalue weighted by atomic mass is 9.88. The van der Waals surface area contributed by atoms with E-state index in [2.05, 4.69) is 11.8 Å². The van der Waals surface area contributed by atoms with Gasteiger partial charge in [-0.1, -0.05) is 17.9 Å². The molecule has 1 aromatic rings. The first-order valence-corrected chi connectivity index (χ1v) is 9.87. The quantitative estimate of drug-likeness (QED) is 0.698. The number of piperidine rings is 1. The highest BCUT2D eigenvalue weighted by molar-refractivity contribution is 5.81. The standard InChI is InChI=1S/C22H26N2O4/c1-15-17(4-3-5-20(15)27-2)7-6-16-11-24(12-16)22(26)23-9-8-21-18(13-23)10-19(25)14-28-21/h3-5,16,18,21H,8-14H2,1-2H3/t18-,21+/m1/s1. The second-order valence-electron chi connectivity index (χ2n) is 7.87. The third-order valence-electron chi connectivity index (χ3n) is 5.95. The molecule has 6 heteroatoms. The van der Waals surface area contributed by atoms with Crippen molar-refractivity contribution >= 4 is 11.8 Å². The highest BCUT2D eigenvalue weighted by atomic mass is 16.5. The summed E-state index contributed by atoms with van der Waals surface area (Å²) in [4.78, 5) is 28.1. The van der Waals surface area contributed by atoms with E-state index in [1.165, 1.54) is 0 Å². The smallest absolute Gasteiger partial charge is 0.320 e. The number of likely N-dealkylation sites (tertiary alicyclic amines) is 2. The zero-order valence-corrected chi connectivity index (χ0v) is 16.4. The van der Waals surface area contributed by atoms with Crippen LogP contribution < -0.4 is 4.74 Å². The number of rotatable bonds is 1. The number of hydrogen-bond acceptors (Lipinski definition) is 4. The summed E-state index contributed by atoms with van der Waals surface area (Å²) in [5, 5.41) is 0. The topological polar surface area (TPSA) is 59.1 Å². The van der Waals surface area contributed by atoms with Gasteiger partial charge in [0, 0.05) is 49.6 Å². The Labute approximate surface area is 165 Å². The molecule has 3 heterocycles. The van der Waals surface area contributed by atoms with Crippen molar-refractivity contribution in [1.29, 1.82) is 0 Å². The van der Waals surface area contributed by atoms with Gasteiger partial charge < -0.3 is 19.3 Å². The Hall–Kier alpha value is -2.52. The van der Waals surface area contributed by atoms with E-state index in [1.807, 2.05) is 34.9 Å². The van der Waals surface area contributed by atoms with Crippen molar-refractivity contribution < 1.29 is 19.1 Å². The van der Waals surface area contributed by atoms with Gasteiger partial charge in [-0.2, -0.15) is 0 Å². The van der Waals surface area contributed by atoms with Crippen molar-refractivity contribution in [3.63, 3.8) is 0 Å². The van der Waals surface area contributed by atoms with Crippen LogP contribution in [-0.4, -0.2) is 67.6 Å². The molecule has 4 rings (SSSR count). The number of ketones is 1. The van der Waals surface area contributed by atoms with Gasteiger partial charge in [-0.15, -0.1) is 0 Å². The van der Waals surface area contributed by atoms with E-state index in [-0.39, 0.29) is 36.4 Å². The van der Waals surface area contributed by atoms with Crippen LogP contribution >= 0.6 is 0 Å². The minimum Gasteiger partial charge on any atom is -0.496 e. The van der Waals surface area contributed by atoms with Crippen LogP contribution in [0.4, 0.5) is 4.79 Å². The lowest BCUT2D eigenvalue weighted by Gasteiger charge is -2.45. The summed E-state index contributed by atoms with van der Waals surface area (Å²) in [5.41, 5.74) is 2.00. The van der Waals surface area contributed by atoms with E-state index in [4.69, 9.17) is 9.47 Å². The fourth-order valence-electron chi connectivity index (χ4n) is 4.23. The van der Waals surface area contributed by atoms with Crippen molar-refractivity contribution in [3.05, 3.63) is 29.3 Å². The Morgan fingerprint density at radius 2 is 2.07 bits per heavy atom. The minimum absolute atomic E-state index is 0.0621. The summed E-state index contributed by atoms with van der Waals surface area (Å²) in [6, 6.07) is 5.92. The fraction of sp³-hybridized carbons (Fsp3) is 0.545. The lowest BCUT2D eigenvalue weighted by molar-refractivity contribution is -0.140. The number of carbonyl (C=O) groups is 2. The van der Waals surface area contributed by atoms with Crippen LogP contribution in [0.5, 0.6) is 5.75 Å². The highest BCUT2D eigenvalue weighted by Crippen LogP contribution is 2.29. The predicted octanol–water partition coefficient (Wildman–Crippen LogP) is 2.09. The van der Waals surface area contributed by atoms with Gasteiger partial charge in [-0.3, -0.25) is 4.79 Å². The summed E-state index contributed by atoms with van der Waals surface area (Å²) in [6.45, 7) is 4.87. The third-order valence-corrected chi connectivity index (χ3v) is 5.95. The molecule has 0 saturated carbocycles. The van der Waals surface area contributed by atoms with Crippen molar-refractivity contribution in [1.82, 2.24) is 9.80 Å². The van der Waals surface area contributed by atoms with Crippen LogP contribution in [0.25, 0.3) is 0 Å². The molecule has 0 bridgehead atoms. The molecular weight excluding hydrogens is 356 g/mol. The number of ether oxygens (including phenoxy) is 2. The van der Waals surface area contributed by atoms with Gasteiger partial charge >= 0.3 is 6.03 Å². The van der Waals surface area contributed by atoms with E-state index >= 15 is 0 Å². The maximum Gasteiger partial charge on any atom is 0.320 e. The van der Waals surface area contributed by atoms with Gasteiger partial charge in [0.05, 0.1) is 19.1 Å². The van der Waals surface area contributed by atoms with E-state index in [9.17, 15) is 9.59 Å². The van der Waals surface area contributed by atoms with Gasteiger partial charge in [0.1, 0.15) is 12.4 Å². The van der Waals surface area contributed by atoms with Crippen molar-refractivity contribution in [2.75, 3.05) is 39.9 Å². The Bertz CT molecular complexity index is 835. The van der Waals surface area contributed by atoms with E-state index in [1.54, 1.807) is 7.11 Å². The molecule has 28 heavy (non-hydrogen) atoms. The molecule has 0 spiro atoms. The van der Waals surface area contributed by atoms with Gasteiger partial charge in [0.25, 0.3) is 0 Å². The normalized spacial score (nSPS) is 24.7.